The van der Waals surface area contributed by atoms with E-state index in [-0.39, 0.29) is 23.5 Å². The van der Waals surface area contributed by atoms with E-state index in [1.165, 1.54) is 0 Å². The molecule has 0 radical (unpaired) electrons. The van der Waals surface area contributed by atoms with Crippen molar-refractivity contribution in [2.75, 3.05) is 45.2 Å². The first-order valence-corrected chi connectivity index (χ1v) is 12.5. The van der Waals surface area contributed by atoms with Gasteiger partial charge in [0.25, 0.3) is 5.91 Å². The largest absolute Gasteiger partial charge is 0.449 e. The molecule has 2 amide bonds. The number of hydrogen-bond donors (Lipinski definition) is 1. The number of hydrogen-bond acceptors (Lipinski definition) is 5. The van der Waals surface area contributed by atoms with E-state index in [0.29, 0.717) is 30.4 Å². The molecule has 2 aromatic rings. The van der Waals surface area contributed by atoms with Gasteiger partial charge in [0.15, 0.2) is 0 Å². The number of carbonyl (C=O) groups excluding carboxylic acids is 2. The monoisotopic (exact) mass is 455 g/mol. The smallest absolute Gasteiger partial charge is 0.291 e. The second-order valence-corrected chi connectivity index (χ2v) is 9.33. The Morgan fingerprint density at radius 3 is 2.61 bits per heavy atom. The third-order valence-corrected chi connectivity index (χ3v) is 7.14. The molecule has 1 saturated heterocycles. The molecular weight excluding hydrogens is 418 g/mol. The number of fused-ring (bicyclic) bond motifs is 1. The lowest BCUT2D eigenvalue weighted by molar-refractivity contribution is -0.119. The van der Waals surface area contributed by atoms with Crippen molar-refractivity contribution in [3.8, 4) is 0 Å². The second kappa shape index (κ2) is 11.2. The number of anilines is 1. The van der Waals surface area contributed by atoms with Gasteiger partial charge in [0.1, 0.15) is 11.3 Å². The predicted molar refractivity (Wildman–Crippen MR) is 129 cm³/mol. The van der Waals surface area contributed by atoms with Crippen molar-refractivity contribution in [2.45, 2.75) is 57.9 Å². The van der Waals surface area contributed by atoms with Crippen LogP contribution in [0.2, 0.25) is 0 Å². The van der Waals surface area contributed by atoms with Gasteiger partial charge in [0.05, 0.1) is 0 Å². The van der Waals surface area contributed by atoms with Gasteiger partial charge < -0.3 is 24.3 Å². The van der Waals surface area contributed by atoms with Crippen molar-refractivity contribution in [1.29, 1.82) is 0 Å². The summed E-state index contributed by atoms with van der Waals surface area (Å²) in [7, 11) is 2.16. The summed E-state index contributed by atoms with van der Waals surface area (Å²) in [6.07, 6.45) is 6.89. The Morgan fingerprint density at radius 1 is 1.15 bits per heavy atom. The first kappa shape index (κ1) is 23.8. The highest BCUT2D eigenvalue weighted by atomic mass is 16.5. The van der Waals surface area contributed by atoms with Gasteiger partial charge in [-0.2, -0.15) is 0 Å². The van der Waals surface area contributed by atoms with Crippen molar-refractivity contribution in [1.82, 2.24) is 9.80 Å². The van der Waals surface area contributed by atoms with Gasteiger partial charge in [0.2, 0.25) is 11.7 Å². The van der Waals surface area contributed by atoms with Crippen molar-refractivity contribution < 1.29 is 18.7 Å². The fourth-order valence-electron chi connectivity index (χ4n) is 5.13. The van der Waals surface area contributed by atoms with Gasteiger partial charge in [-0.25, -0.2) is 0 Å². The van der Waals surface area contributed by atoms with Crippen molar-refractivity contribution in [2.24, 2.45) is 5.92 Å². The zero-order chi connectivity index (χ0) is 23.2. The molecule has 1 aromatic heterocycles. The summed E-state index contributed by atoms with van der Waals surface area (Å²) in [5.41, 5.74) is 1.16. The van der Waals surface area contributed by atoms with Crippen LogP contribution in [0.5, 0.6) is 0 Å². The van der Waals surface area contributed by atoms with Crippen LogP contribution in [0, 0.1) is 5.92 Å². The maximum atomic E-state index is 13.5. The normalized spacial score (nSPS) is 17.8. The summed E-state index contributed by atoms with van der Waals surface area (Å²) in [5, 5.41) is 3.84. The van der Waals surface area contributed by atoms with E-state index in [4.69, 9.17) is 9.15 Å². The minimum Gasteiger partial charge on any atom is -0.449 e. The number of piperidine rings is 1. The standard InChI is InChI=1S/C26H37N3O4/c1-3-32-18-8-15-28(2)20-13-16-29(17-14-20)26(31)24-23(21-11-6-7-12-22(21)33-24)27-25(30)19-9-4-5-10-19/h6-7,11-12,19-20H,3-5,8-10,13-18H2,1-2H3,(H,27,30). The fraction of sp³-hybridized carbons (Fsp3) is 0.615. The third kappa shape index (κ3) is 5.58. The van der Waals surface area contributed by atoms with Crippen molar-refractivity contribution in [3.63, 3.8) is 0 Å². The number of furan rings is 1. The Hall–Kier alpha value is -2.38. The molecule has 0 spiro atoms. The maximum absolute atomic E-state index is 13.5. The summed E-state index contributed by atoms with van der Waals surface area (Å²) >= 11 is 0. The number of ether oxygens (including phenoxy) is 1. The van der Waals surface area contributed by atoms with E-state index in [1.807, 2.05) is 36.1 Å². The Morgan fingerprint density at radius 2 is 1.88 bits per heavy atom. The highest BCUT2D eigenvalue weighted by Crippen LogP contribution is 2.34. The van der Waals surface area contributed by atoms with Crippen LogP contribution in [0.1, 0.15) is 62.4 Å². The summed E-state index contributed by atoms with van der Waals surface area (Å²) in [6.45, 7) is 5.94. The van der Waals surface area contributed by atoms with E-state index < -0.39 is 0 Å². The molecule has 2 fully saturated rings. The number of nitrogens with one attached hydrogen (secondary N) is 1. The molecule has 33 heavy (non-hydrogen) atoms. The number of para-hydroxylation sites is 1. The van der Waals surface area contributed by atoms with Gasteiger partial charge in [0, 0.05) is 50.2 Å². The molecule has 1 N–H and O–H groups in total. The Kier molecular flexibility index (Phi) is 8.04. The quantitative estimate of drug-likeness (QED) is 0.563. The summed E-state index contributed by atoms with van der Waals surface area (Å²) in [6, 6.07) is 8.01. The Balaban J connectivity index is 1.42. The molecule has 1 aromatic carbocycles. The van der Waals surface area contributed by atoms with Crippen LogP contribution in [0.3, 0.4) is 0 Å². The van der Waals surface area contributed by atoms with Crippen LogP contribution in [-0.2, 0) is 9.53 Å². The van der Waals surface area contributed by atoms with Gasteiger partial charge >= 0.3 is 0 Å². The lowest BCUT2D eigenvalue weighted by Gasteiger charge is -2.36. The van der Waals surface area contributed by atoms with Crippen molar-refractivity contribution in [3.05, 3.63) is 30.0 Å². The van der Waals surface area contributed by atoms with Gasteiger partial charge in [-0.1, -0.05) is 25.0 Å². The minimum atomic E-state index is -0.134. The number of carbonyl (C=O) groups is 2. The Bertz CT molecular complexity index is 942. The molecular formula is C26H37N3O4. The van der Waals surface area contributed by atoms with E-state index in [1.54, 1.807) is 0 Å². The summed E-state index contributed by atoms with van der Waals surface area (Å²) in [5.74, 6) is 0.146. The van der Waals surface area contributed by atoms with E-state index in [2.05, 4.69) is 17.3 Å². The zero-order valence-corrected chi connectivity index (χ0v) is 20.0. The van der Waals surface area contributed by atoms with Crippen LogP contribution in [0.4, 0.5) is 5.69 Å². The number of likely N-dealkylation sites (tertiary alicyclic amines) is 1. The molecule has 180 valence electrons. The molecule has 0 bridgehead atoms. The molecule has 1 aliphatic carbocycles. The van der Waals surface area contributed by atoms with E-state index in [0.717, 1.165) is 70.1 Å². The van der Waals surface area contributed by atoms with Gasteiger partial charge in [-0.05, 0) is 58.2 Å². The van der Waals surface area contributed by atoms with Gasteiger partial charge in [-0.15, -0.1) is 0 Å². The molecule has 2 heterocycles. The molecule has 1 saturated carbocycles. The predicted octanol–water partition coefficient (Wildman–Crippen LogP) is 4.52. The SMILES string of the molecule is CCOCCCN(C)C1CCN(C(=O)c2oc3ccccc3c2NC(=O)C2CCCC2)CC1. The van der Waals surface area contributed by atoms with Crippen LogP contribution in [0.25, 0.3) is 11.0 Å². The van der Waals surface area contributed by atoms with Gasteiger partial charge in [-0.3, -0.25) is 9.59 Å². The summed E-state index contributed by atoms with van der Waals surface area (Å²) in [4.78, 5) is 30.6. The fourth-order valence-corrected chi connectivity index (χ4v) is 5.13. The molecule has 4 rings (SSSR count). The number of amides is 2. The lowest BCUT2D eigenvalue weighted by Crippen LogP contribution is -2.46. The number of benzene rings is 1. The average Bonchev–Trinajstić information content (AvgIpc) is 3.50. The molecule has 0 atom stereocenters. The molecule has 7 heteroatoms. The van der Waals surface area contributed by atoms with Crippen molar-refractivity contribution >= 4 is 28.5 Å². The molecule has 2 aliphatic rings. The van der Waals surface area contributed by atoms with Crippen LogP contribution < -0.4 is 5.32 Å². The van der Waals surface area contributed by atoms with Crippen LogP contribution in [0.15, 0.2) is 28.7 Å². The zero-order valence-electron chi connectivity index (χ0n) is 20.0. The van der Waals surface area contributed by atoms with E-state index >= 15 is 0 Å². The average molecular weight is 456 g/mol. The third-order valence-electron chi connectivity index (χ3n) is 7.14. The summed E-state index contributed by atoms with van der Waals surface area (Å²) < 4.78 is 11.4. The second-order valence-electron chi connectivity index (χ2n) is 9.33. The first-order chi connectivity index (χ1) is 16.1. The molecule has 7 nitrogen and oxygen atoms in total. The van der Waals surface area contributed by atoms with Crippen LogP contribution >= 0.6 is 0 Å². The first-order valence-electron chi connectivity index (χ1n) is 12.5. The Labute approximate surface area is 196 Å². The number of nitrogens with zero attached hydrogens (tertiary/aromatic N) is 2. The number of rotatable bonds is 9. The lowest BCUT2D eigenvalue weighted by atomic mass is 10.0. The molecule has 1 aliphatic heterocycles. The minimum absolute atomic E-state index is 0.000452. The highest BCUT2D eigenvalue weighted by Gasteiger charge is 2.32. The highest BCUT2D eigenvalue weighted by molar-refractivity contribution is 6.11. The molecule has 0 unspecified atom stereocenters. The van der Waals surface area contributed by atoms with E-state index in [9.17, 15) is 9.59 Å². The van der Waals surface area contributed by atoms with Crippen LogP contribution in [-0.4, -0.2) is 67.6 Å². The maximum Gasteiger partial charge on any atom is 0.291 e. The topological polar surface area (TPSA) is 75.0 Å².